The van der Waals surface area contributed by atoms with Crippen LogP contribution in [0.4, 0.5) is 0 Å². The van der Waals surface area contributed by atoms with E-state index in [-0.39, 0.29) is 28.2 Å². The van der Waals surface area contributed by atoms with Gasteiger partial charge in [0, 0.05) is 17.1 Å². The number of hydrogen-bond acceptors (Lipinski definition) is 4. The van der Waals surface area contributed by atoms with E-state index >= 15 is 0 Å². The van der Waals surface area contributed by atoms with Gasteiger partial charge >= 0.3 is 0 Å². The number of Topliss-reactive ketones (excluding diaryl/α,β-unsaturated/α-hetero) is 2. The maximum Gasteiger partial charge on any atom is 0.197 e. The second-order valence-electron chi connectivity index (χ2n) is 5.53. The summed E-state index contributed by atoms with van der Waals surface area (Å²) in [5.74, 6) is -1.64. The van der Waals surface area contributed by atoms with Gasteiger partial charge in [0.2, 0.25) is 0 Å². The lowest BCUT2D eigenvalue weighted by Gasteiger charge is -2.21. The van der Waals surface area contributed by atoms with Crippen molar-refractivity contribution in [2.45, 2.75) is 20.8 Å². The predicted molar refractivity (Wildman–Crippen MR) is 69.3 cm³/mol. The number of benzene rings is 1. The summed E-state index contributed by atoms with van der Waals surface area (Å²) in [6.07, 6.45) is 1.03. The molecule has 0 saturated carbocycles. The molecule has 0 spiro atoms. The molecule has 2 rings (SSSR count). The number of carbonyl (C=O) groups excluding carboxylic acids is 3. The highest BCUT2D eigenvalue weighted by Gasteiger charge is 2.35. The molecule has 98 valence electrons. The van der Waals surface area contributed by atoms with Crippen LogP contribution < -0.4 is 0 Å². The van der Waals surface area contributed by atoms with E-state index in [4.69, 9.17) is 0 Å². The molecule has 0 radical (unpaired) electrons. The zero-order chi connectivity index (χ0) is 14.4. The van der Waals surface area contributed by atoms with Gasteiger partial charge in [0.15, 0.2) is 17.3 Å². The van der Waals surface area contributed by atoms with Crippen LogP contribution in [0.5, 0.6) is 5.75 Å². The Morgan fingerprint density at radius 3 is 2.37 bits per heavy atom. The Morgan fingerprint density at radius 1 is 1.16 bits per heavy atom. The molecule has 19 heavy (non-hydrogen) atoms. The Hall–Kier alpha value is -2.23. The highest BCUT2D eigenvalue weighted by molar-refractivity contribution is 6.36. The van der Waals surface area contributed by atoms with Crippen LogP contribution in [-0.2, 0) is 4.79 Å². The lowest BCUT2D eigenvalue weighted by molar-refractivity contribution is -0.122. The smallest absolute Gasteiger partial charge is 0.197 e. The normalized spacial score (nSPS) is 15.0. The first-order valence-electron chi connectivity index (χ1n) is 5.91. The van der Waals surface area contributed by atoms with Gasteiger partial charge in [0.05, 0.1) is 11.1 Å². The molecule has 4 heteroatoms. The van der Waals surface area contributed by atoms with E-state index in [1.165, 1.54) is 18.2 Å². The van der Waals surface area contributed by atoms with Crippen molar-refractivity contribution in [3.05, 3.63) is 41.0 Å². The minimum Gasteiger partial charge on any atom is -0.507 e. The molecule has 1 N–H and O–H groups in total. The number of aromatic hydroxyl groups is 1. The molecule has 1 aromatic rings. The van der Waals surface area contributed by atoms with E-state index in [1.54, 1.807) is 20.8 Å². The number of ketones is 3. The monoisotopic (exact) mass is 258 g/mol. The van der Waals surface area contributed by atoms with Crippen molar-refractivity contribution in [3.63, 3.8) is 0 Å². The summed E-state index contributed by atoms with van der Waals surface area (Å²) >= 11 is 0. The van der Waals surface area contributed by atoms with Gasteiger partial charge < -0.3 is 5.11 Å². The number of fused-ring (bicyclic) bond motifs is 1. The summed E-state index contributed by atoms with van der Waals surface area (Å²) in [7, 11) is 0. The second-order valence-corrected chi connectivity index (χ2v) is 5.53. The van der Waals surface area contributed by atoms with Crippen molar-refractivity contribution < 1.29 is 19.5 Å². The van der Waals surface area contributed by atoms with Crippen LogP contribution in [0.15, 0.2) is 29.8 Å². The van der Waals surface area contributed by atoms with Crippen LogP contribution in [0.3, 0.4) is 0 Å². The van der Waals surface area contributed by atoms with Crippen LogP contribution in [-0.4, -0.2) is 22.5 Å². The lowest BCUT2D eigenvalue weighted by atomic mass is 9.79. The predicted octanol–water partition coefficient (Wildman–Crippen LogP) is 2.31. The fourth-order valence-electron chi connectivity index (χ4n) is 1.97. The first-order chi connectivity index (χ1) is 8.73. The van der Waals surface area contributed by atoms with E-state index < -0.39 is 17.0 Å². The summed E-state index contributed by atoms with van der Waals surface area (Å²) < 4.78 is 0. The first-order valence-corrected chi connectivity index (χ1v) is 5.91. The fourth-order valence-corrected chi connectivity index (χ4v) is 1.97. The molecule has 0 amide bonds. The molecule has 0 unspecified atom stereocenters. The molecule has 0 bridgehead atoms. The van der Waals surface area contributed by atoms with Gasteiger partial charge in [0.1, 0.15) is 5.75 Å². The molecule has 0 saturated heterocycles. The molecule has 1 aromatic carbocycles. The van der Waals surface area contributed by atoms with Crippen molar-refractivity contribution in [2.75, 3.05) is 0 Å². The first kappa shape index (κ1) is 13.2. The van der Waals surface area contributed by atoms with E-state index in [0.717, 1.165) is 6.08 Å². The van der Waals surface area contributed by atoms with E-state index in [0.29, 0.717) is 0 Å². The van der Waals surface area contributed by atoms with Crippen LogP contribution in [0.25, 0.3) is 0 Å². The van der Waals surface area contributed by atoms with Gasteiger partial charge in [-0.2, -0.15) is 0 Å². The summed E-state index contributed by atoms with van der Waals surface area (Å²) in [5.41, 5.74) is -0.801. The zero-order valence-corrected chi connectivity index (χ0v) is 11.0. The number of phenolic OH excluding ortho intramolecular Hbond substituents is 1. The van der Waals surface area contributed by atoms with E-state index in [1.807, 2.05) is 0 Å². The molecule has 1 aliphatic rings. The summed E-state index contributed by atoms with van der Waals surface area (Å²) in [4.78, 5) is 36.4. The number of carbonyl (C=O) groups is 3. The van der Waals surface area contributed by atoms with Crippen molar-refractivity contribution in [2.24, 2.45) is 5.41 Å². The molecule has 0 aliphatic heterocycles. The average molecular weight is 258 g/mol. The Kier molecular flexibility index (Phi) is 2.89. The van der Waals surface area contributed by atoms with Crippen LogP contribution in [0.2, 0.25) is 0 Å². The van der Waals surface area contributed by atoms with Crippen molar-refractivity contribution >= 4 is 17.3 Å². The highest BCUT2D eigenvalue weighted by Crippen LogP contribution is 2.31. The topological polar surface area (TPSA) is 71.4 Å². The SMILES string of the molecule is CC(C)(C)C(=O)C1=CC(=O)c2c(O)cccc2C1=O. The quantitative estimate of drug-likeness (QED) is 0.784. The van der Waals surface area contributed by atoms with Gasteiger partial charge in [-0.1, -0.05) is 32.9 Å². The third kappa shape index (κ3) is 2.10. The number of allylic oxidation sites excluding steroid dienone is 2. The van der Waals surface area contributed by atoms with Crippen molar-refractivity contribution in [1.29, 1.82) is 0 Å². The lowest BCUT2D eigenvalue weighted by Crippen LogP contribution is -2.29. The molecule has 0 aromatic heterocycles. The van der Waals surface area contributed by atoms with E-state index in [9.17, 15) is 19.5 Å². The average Bonchev–Trinajstić information content (AvgIpc) is 2.31. The summed E-state index contributed by atoms with van der Waals surface area (Å²) in [5, 5.41) is 9.64. The summed E-state index contributed by atoms with van der Waals surface area (Å²) in [6.45, 7) is 5.06. The molecule has 0 fully saturated rings. The van der Waals surface area contributed by atoms with Crippen LogP contribution >= 0.6 is 0 Å². The fraction of sp³-hybridized carbons (Fsp3) is 0.267. The number of phenols is 1. The van der Waals surface area contributed by atoms with Crippen LogP contribution in [0, 0.1) is 5.41 Å². The molecule has 1 aliphatic carbocycles. The molecule has 0 heterocycles. The maximum absolute atomic E-state index is 12.3. The largest absolute Gasteiger partial charge is 0.507 e. The minimum absolute atomic E-state index is 0.0297. The van der Waals surface area contributed by atoms with Gasteiger partial charge in [-0.05, 0) is 6.07 Å². The Balaban J connectivity index is 2.58. The Labute approximate surface area is 110 Å². The third-order valence-electron chi connectivity index (χ3n) is 2.98. The van der Waals surface area contributed by atoms with Crippen LogP contribution in [0.1, 0.15) is 41.5 Å². The second kappa shape index (κ2) is 4.16. The highest BCUT2D eigenvalue weighted by atomic mass is 16.3. The molecule has 4 nitrogen and oxygen atoms in total. The van der Waals surface area contributed by atoms with Gasteiger partial charge in [0.25, 0.3) is 0 Å². The number of hydrogen-bond donors (Lipinski definition) is 1. The third-order valence-corrected chi connectivity index (χ3v) is 2.98. The molecular formula is C15H14O4. The van der Waals surface area contributed by atoms with Crippen molar-refractivity contribution in [3.8, 4) is 5.75 Å². The molecule has 0 atom stereocenters. The standard InChI is InChI=1S/C15H14O4/c1-15(2,3)14(19)9-7-11(17)12-8(13(9)18)5-4-6-10(12)16/h4-7,16H,1-3H3. The molecular weight excluding hydrogens is 244 g/mol. The summed E-state index contributed by atoms with van der Waals surface area (Å²) in [6, 6.07) is 4.26. The Morgan fingerprint density at radius 2 is 1.79 bits per heavy atom. The Bertz CT molecular complexity index is 630. The maximum atomic E-state index is 12.3. The van der Waals surface area contributed by atoms with E-state index in [2.05, 4.69) is 0 Å². The number of rotatable bonds is 1. The van der Waals surface area contributed by atoms with Crippen molar-refractivity contribution in [1.82, 2.24) is 0 Å². The van der Waals surface area contributed by atoms with Gasteiger partial charge in [-0.3, -0.25) is 14.4 Å². The van der Waals surface area contributed by atoms with Gasteiger partial charge in [-0.15, -0.1) is 0 Å². The minimum atomic E-state index is -0.740. The zero-order valence-electron chi connectivity index (χ0n) is 11.0. The van der Waals surface area contributed by atoms with Gasteiger partial charge in [-0.25, -0.2) is 0 Å².